The number of unbranched alkanes of at least 4 members (excludes halogenated alkanes) is 14. The van der Waals surface area contributed by atoms with E-state index in [2.05, 4.69) is 6.92 Å². The van der Waals surface area contributed by atoms with Crippen LogP contribution in [-0.2, 0) is 14.3 Å². The van der Waals surface area contributed by atoms with Crippen molar-refractivity contribution < 1.29 is 39.9 Å². The van der Waals surface area contributed by atoms with Gasteiger partial charge in [0.15, 0.2) is 6.29 Å². The molecule has 204 valence electrons. The quantitative estimate of drug-likeness (QED) is 0.0878. The van der Waals surface area contributed by atoms with Crippen LogP contribution in [0, 0.1) is 0 Å². The SMILES string of the molecule is CCCCCCCCCCCCCCCCCC(=O)OCC.O=C[C@H](O)[C@@H](O)[C@H](O)[C@H](O)CO. The Morgan fingerprint density at radius 3 is 1.47 bits per heavy atom. The fourth-order valence-electron chi connectivity index (χ4n) is 3.49. The summed E-state index contributed by atoms with van der Waals surface area (Å²) in [4.78, 5) is 21.1. The van der Waals surface area contributed by atoms with E-state index in [1.165, 1.54) is 89.9 Å². The zero-order chi connectivity index (χ0) is 26.0. The van der Waals surface area contributed by atoms with Gasteiger partial charge in [-0.2, -0.15) is 0 Å². The first-order valence-electron chi connectivity index (χ1n) is 13.3. The minimum atomic E-state index is -1.79. The molecule has 0 bridgehead atoms. The van der Waals surface area contributed by atoms with Gasteiger partial charge in [0.2, 0.25) is 0 Å². The van der Waals surface area contributed by atoms with E-state index in [9.17, 15) is 9.59 Å². The van der Waals surface area contributed by atoms with E-state index in [1.54, 1.807) is 0 Å². The number of hydrogen-bond acceptors (Lipinski definition) is 8. The summed E-state index contributed by atoms with van der Waals surface area (Å²) in [5.74, 6) is -0.0304. The number of ether oxygens (including phenoxy) is 1. The second-order valence-corrected chi connectivity index (χ2v) is 8.86. The lowest BCUT2D eigenvalue weighted by molar-refractivity contribution is -0.143. The smallest absolute Gasteiger partial charge is 0.305 e. The van der Waals surface area contributed by atoms with Gasteiger partial charge in [-0.05, 0) is 13.3 Å². The Kier molecular flexibility index (Phi) is 27.4. The molecule has 0 rings (SSSR count). The average Bonchev–Trinajstić information content (AvgIpc) is 2.84. The maximum absolute atomic E-state index is 11.2. The topological polar surface area (TPSA) is 145 Å². The standard InChI is InChI=1S/C20H40O2.C6H12O6/c1-3-5-6-7-8-9-10-11-12-13-14-15-16-17-18-19-20(21)22-4-2;7-1-3(9)5(11)6(12)4(10)2-8/h3-19H2,1-2H3;1,3-6,8-12H,2H2/t;3-,4+,5+,6+/m.0/s1. The number of esters is 1. The summed E-state index contributed by atoms with van der Waals surface area (Å²) in [6.45, 7) is 3.89. The fraction of sp³-hybridized carbons (Fsp3) is 0.923. The van der Waals surface area contributed by atoms with Gasteiger partial charge in [0.05, 0.1) is 13.2 Å². The van der Waals surface area contributed by atoms with Gasteiger partial charge in [-0.1, -0.05) is 96.8 Å². The summed E-state index contributed by atoms with van der Waals surface area (Å²) in [5.41, 5.74) is 0. The third-order valence-electron chi connectivity index (χ3n) is 5.71. The normalized spacial score (nSPS) is 14.4. The molecule has 0 aromatic carbocycles. The van der Waals surface area contributed by atoms with Crippen molar-refractivity contribution >= 4 is 12.3 Å². The van der Waals surface area contributed by atoms with Gasteiger partial charge in [-0.25, -0.2) is 0 Å². The van der Waals surface area contributed by atoms with E-state index in [4.69, 9.17) is 30.3 Å². The van der Waals surface area contributed by atoms with Crippen molar-refractivity contribution in [3.63, 3.8) is 0 Å². The Balaban J connectivity index is 0. The van der Waals surface area contributed by atoms with Crippen molar-refractivity contribution in [2.45, 2.75) is 141 Å². The monoisotopic (exact) mass is 492 g/mol. The third kappa shape index (κ3) is 22.7. The van der Waals surface area contributed by atoms with Gasteiger partial charge >= 0.3 is 5.97 Å². The Bertz CT molecular complexity index is 447. The molecule has 0 radical (unpaired) electrons. The molecule has 8 nitrogen and oxygen atoms in total. The molecule has 5 N–H and O–H groups in total. The molecule has 0 spiro atoms. The first-order chi connectivity index (χ1) is 16.3. The van der Waals surface area contributed by atoms with Crippen molar-refractivity contribution in [3.05, 3.63) is 0 Å². The fourth-order valence-corrected chi connectivity index (χ4v) is 3.49. The molecule has 0 aliphatic carbocycles. The summed E-state index contributed by atoms with van der Waals surface area (Å²) in [5, 5.41) is 43.5. The molecule has 0 aliphatic heterocycles. The van der Waals surface area contributed by atoms with Crippen molar-refractivity contribution in [1.29, 1.82) is 0 Å². The maximum atomic E-state index is 11.2. The molecule has 4 atom stereocenters. The van der Waals surface area contributed by atoms with Crippen LogP contribution in [-0.4, -0.2) is 75.4 Å². The van der Waals surface area contributed by atoms with Crippen LogP contribution in [0.25, 0.3) is 0 Å². The van der Waals surface area contributed by atoms with Gasteiger partial charge in [0, 0.05) is 6.42 Å². The molecule has 0 aromatic heterocycles. The van der Waals surface area contributed by atoms with Crippen LogP contribution in [0.2, 0.25) is 0 Å². The first-order valence-corrected chi connectivity index (χ1v) is 13.3. The lowest BCUT2D eigenvalue weighted by Gasteiger charge is -2.22. The zero-order valence-corrected chi connectivity index (χ0v) is 21.6. The van der Waals surface area contributed by atoms with E-state index in [1.807, 2.05) is 6.92 Å². The van der Waals surface area contributed by atoms with Gasteiger partial charge in [-0.3, -0.25) is 4.79 Å². The molecule has 0 amide bonds. The van der Waals surface area contributed by atoms with Crippen molar-refractivity contribution in [2.75, 3.05) is 13.2 Å². The molecule has 0 saturated carbocycles. The van der Waals surface area contributed by atoms with Crippen LogP contribution >= 0.6 is 0 Å². The number of aliphatic hydroxyl groups excluding tert-OH is 5. The van der Waals surface area contributed by atoms with E-state index in [0.29, 0.717) is 13.0 Å². The van der Waals surface area contributed by atoms with Crippen molar-refractivity contribution in [2.24, 2.45) is 0 Å². The summed E-state index contributed by atoms with van der Waals surface area (Å²) >= 11 is 0. The predicted octanol–water partition coefficient (Wildman–Crippen LogP) is 3.43. The third-order valence-corrected chi connectivity index (χ3v) is 5.71. The number of carbonyl (C=O) groups excluding carboxylic acids is 2. The average molecular weight is 493 g/mol. The summed E-state index contributed by atoms with van der Waals surface area (Å²) in [6, 6.07) is 0. The summed E-state index contributed by atoms with van der Waals surface area (Å²) < 4.78 is 4.92. The van der Waals surface area contributed by atoms with E-state index < -0.39 is 31.0 Å². The van der Waals surface area contributed by atoms with Crippen LogP contribution in [0.5, 0.6) is 0 Å². The highest BCUT2D eigenvalue weighted by atomic mass is 16.5. The zero-order valence-electron chi connectivity index (χ0n) is 21.6. The molecule has 8 heteroatoms. The van der Waals surface area contributed by atoms with Crippen LogP contribution in [0.15, 0.2) is 0 Å². The van der Waals surface area contributed by atoms with Crippen LogP contribution < -0.4 is 0 Å². The first kappa shape index (κ1) is 35.1. The number of rotatable bonds is 22. The second-order valence-electron chi connectivity index (χ2n) is 8.86. The highest BCUT2D eigenvalue weighted by Gasteiger charge is 2.29. The van der Waals surface area contributed by atoms with E-state index in [-0.39, 0.29) is 12.3 Å². The Morgan fingerprint density at radius 2 is 1.12 bits per heavy atom. The van der Waals surface area contributed by atoms with Crippen LogP contribution in [0.1, 0.15) is 117 Å². The lowest BCUT2D eigenvalue weighted by Crippen LogP contribution is -2.46. The predicted molar refractivity (Wildman–Crippen MR) is 133 cm³/mol. The highest BCUT2D eigenvalue weighted by molar-refractivity contribution is 5.69. The largest absolute Gasteiger partial charge is 0.466 e. The Hall–Kier alpha value is -1.06. The molecular weight excluding hydrogens is 440 g/mol. The molecule has 0 saturated heterocycles. The molecule has 0 fully saturated rings. The summed E-state index contributed by atoms with van der Waals surface area (Å²) in [6.07, 6.45) is 14.1. The minimum absolute atomic E-state index is 0.0258. The van der Waals surface area contributed by atoms with E-state index in [0.717, 1.165) is 6.42 Å². The van der Waals surface area contributed by atoms with Crippen LogP contribution in [0.3, 0.4) is 0 Å². The van der Waals surface area contributed by atoms with Gasteiger partial charge in [0.25, 0.3) is 0 Å². The Labute approximate surface area is 206 Å². The molecule has 0 aromatic rings. The van der Waals surface area contributed by atoms with Crippen molar-refractivity contribution in [1.82, 2.24) is 0 Å². The molecule has 0 aliphatic rings. The number of carbonyl (C=O) groups is 2. The second kappa shape index (κ2) is 26.5. The van der Waals surface area contributed by atoms with Gasteiger partial charge in [-0.15, -0.1) is 0 Å². The van der Waals surface area contributed by atoms with Crippen molar-refractivity contribution in [3.8, 4) is 0 Å². The number of aldehydes is 1. The highest BCUT2D eigenvalue weighted by Crippen LogP contribution is 2.13. The maximum Gasteiger partial charge on any atom is 0.305 e. The van der Waals surface area contributed by atoms with Gasteiger partial charge < -0.3 is 35.1 Å². The molecule has 34 heavy (non-hydrogen) atoms. The van der Waals surface area contributed by atoms with Crippen LogP contribution in [0.4, 0.5) is 0 Å². The summed E-state index contributed by atoms with van der Waals surface area (Å²) in [7, 11) is 0. The minimum Gasteiger partial charge on any atom is -0.466 e. The van der Waals surface area contributed by atoms with E-state index >= 15 is 0 Å². The lowest BCUT2D eigenvalue weighted by atomic mass is 10.0. The Morgan fingerprint density at radius 1 is 0.706 bits per heavy atom. The van der Waals surface area contributed by atoms with Gasteiger partial charge in [0.1, 0.15) is 24.4 Å². The molecular formula is C26H52O8. The molecule has 0 heterocycles. The number of hydrogen-bond donors (Lipinski definition) is 5. The molecule has 0 unspecified atom stereocenters. The number of aliphatic hydroxyl groups is 5.